The fraction of sp³-hybridized carbons (Fsp3) is 0.611. The Morgan fingerprint density at radius 3 is 2.36 bits per heavy atom. The Kier molecular flexibility index (Phi) is 4.39. The highest BCUT2D eigenvalue weighted by molar-refractivity contribution is 5.77. The van der Waals surface area contributed by atoms with E-state index in [1.807, 2.05) is 32.0 Å². The van der Waals surface area contributed by atoms with Gasteiger partial charge in [-0.25, -0.2) is 4.79 Å². The molecule has 1 heterocycles. The predicted octanol–water partition coefficient (Wildman–Crippen LogP) is 3.46. The normalized spacial score (nSPS) is 18.0. The molecule has 1 N–H and O–H groups in total. The van der Waals surface area contributed by atoms with Gasteiger partial charge in [-0.3, -0.25) is 9.13 Å². The maximum atomic E-state index is 12.4. The van der Waals surface area contributed by atoms with Crippen molar-refractivity contribution in [3.05, 3.63) is 34.2 Å². The highest BCUT2D eigenvalue weighted by atomic mass is 16.3. The summed E-state index contributed by atoms with van der Waals surface area (Å²) in [5.41, 5.74) is 2.91. The number of aliphatic hydroxyl groups excluding tert-OH is 1. The number of imidazole rings is 1. The first-order chi connectivity index (χ1) is 10.7. The molecule has 4 nitrogen and oxygen atoms in total. The second-order valence-electron chi connectivity index (χ2n) is 6.36. The summed E-state index contributed by atoms with van der Waals surface area (Å²) in [6.45, 7) is 5.31. The molecule has 1 saturated carbocycles. The number of nitrogens with zero attached hydrogens (tertiary/aromatic N) is 2. The van der Waals surface area contributed by atoms with Gasteiger partial charge in [0.15, 0.2) is 0 Å². The summed E-state index contributed by atoms with van der Waals surface area (Å²) in [5, 5.41) is 10.7. The Labute approximate surface area is 131 Å². The second kappa shape index (κ2) is 6.29. The Bertz CT molecular complexity index is 708. The fourth-order valence-electron chi connectivity index (χ4n) is 3.85. The average Bonchev–Trinajstić information content (AvgIpc) is 2.84. The molecule has 1 aliphatic carbocycles. The van der Waals surface area contributed by atoms with Gasteiger partial charge in [0.2, 0.25) is 0 Å². The molecular formula is C18H26N2O2. The smallest absolute Gasteiger partial charge is 0.329 e. The predicted molar refractivity (Wildman–Crippen MR) is 89.1 cm³/mol. The lowest BCUT2D eigenvalue weighted by molar-refractivity contribution is 0.0849. The van der Waals surface area contributed by atoms with E-state index in [1.54, 1.807) is 9.13 Å². The van der Waals surface area contributed by atoms with E-state index in [9.17, 15) is 9.90 Å². The molecule has 0 amide bonds. The molecule has 1 unspecified atom stereocenters. The third kappa shape index (κ3) is 2.50. The summed E-state index contributed by atoms with van der Waals surface area (Å²) >= 11 is 0. The van der Waals surface area contributed by atoms with Crippen molar-refractivity contribution in [2.24, 2.45) is 5.92 Å². The first-order valence-corrected chi connectivity index (χ1v) is 8.58. The lowest BCUT2D eigenvalue weighted by atomic mass is 9.83. The van der Waals surface area contributed by atoms with Crippen molar-refractivity contribution >= 4 is 11.0 Å². The van der Waals surface area contributed by atoms with Crippen molar-refractivity contribution in [3.8, 4) is 0 Å². The van der Waals surface area contributed by atoms with Gasteiger partial charge in [0, 0.05) is 13.1 Å². The zero-order valence-electron chi connectivity index (χ0n) is 13.6. The van der Waals surface area contributed by atoms with Crippen LogP contribution in [0.25, 0.3) is 11.0 Å². The summed E-state index contributed by atoms with van der Waals surface area (Å²) in [4.78, 5) is 12.4. The lowest BCUT2D eigenvalue weighted by Crippen LogP contribution is -2.23. The Hall–Kier alpha value is -1.55. The summed E-state index contributed by atoms with van der Waals surface area (Å²) in [6.07, 6.45) is 5.53. The van der Waals surface area contributed by atoms with Crippen LogP contribution in [0.3, 0.4) is 0 Å². The zero-order chi connectivity index (χ0) is 15.7. The van der Waals surface area contributed by atoms with Gasteiger partial charge in [-0.05, 0) is 50.3 Å². The SMILES string of the molecule is CCn1c(=O)n(CC)c2cc(C(O)C3CCCCC3)ccc21. The number of rotatable bonds is 4. The van der Waals surface area contributed by atoms with Gasteiger partial charge in [0.05, 0.1) is 17.1 Å². The largest absolute Gasteiger partial charge is 0.388 e. The molecule has 1 aliphatic rings. The molecule has 3 rings (SSSR count). The molecule has 1 atom stereocenters. The third-order valence-electron chi connectivity index (χ3n) is 5.11. The Morgan fingerprint density at radius 1 is 1.09 bits per heavy atom. The van der Waals surface area contributed by atoms with Crippen LogP contribution in [0.5, 0.6) is 0 Å². The van der Waals surface area contributed by atoms with E-state index >= 15 is 0 Å². The van der Waals surface area contributed by atoms with Crippen LogP contribution in [0, 0.1) is 5.92 Å². The molecule has 4 heteroatoms. The Morgan fingerprint density at radius 2 is 1.73 bits per heavy atom. The van der Waals surface area contributed by atoms with Crippen LogP contribution >= 0.6 is 0 Å². The summed E-state index contributed by atoms with van der Waals surface area (Å²) < 4.78 is 3.60. The molecule has 0 aliphatic heterocycles. The van der Waals surface area contributed by atoms with Crippen LogP contribution in [-0.4, -0.2) is 14.2 Å². The van der Waals surface area contributed by atoms with Crippen molar-refractivity contribution < 1.29 is 5.11 Å². The van der Waals surface area contributed by atoms with E-state index in [1.165, 1.54) is 19.3 Å². The molecule has 2 aromatic rings. The molecule has 1 aromatic carbocycles. The van der Waals surface area contributed by atoms with Gasteiger partial charge in [0.25, 0.3) is 0 Å². The number of hydrogen-bond acceptors (Lipinski definition) is 2. The number of benzene rings is 1. The molecule has 120 valence electrons. The van der Waals surface area contributed by atoms with Crippen LogP contribution in [-0.2, 0) is 13.1 Å². The number of fused-ring (bicyclic) bond motifs is 1. The first kappa shape index (κ1) is 15.3. The van der Waals surface area contributed by atoms with Crippen molar-refractivity contribution in [2.75, 3.05) is 0 Å². The molecule has 0 spiro atoms. The summed E-state index contributed by atoms with van der Waals surface area (Å²) in [5.74, 6) is 0.362. The molecule has 22 heavy (non-hydrogen) atoms. The minimum absolute atomic E-state index is 0.0457. The monoisotopic (exact) mass is 302 g/mol. The molecule has 0 saturated heterocycles. The van der Waals surface area contributed by atoms with Gasteiger partial charge in [-0.2, -0.15) is 0 Å². The summed E-state index contributed by atoms with van der Waals surface area (Å²) in [6, 6.07) is 6.01. The van der Waals surface area contributed by atoms with Crippen LogP contribution in [0.15, 0.2) is 23.0 Å². The minimum Gasteiger partial charge on any atom is -0.388 e. The summed E-state index contributed by atoms with van der Waals surface area (Å²) in [7, 11) is 0. The highest BCUT2D eigenvalue weighted by Crippen LogP contribution is 2.35. The number of aliphatic hydroxyl groups is 1. The highest BCUT2D eigenvalue weighted by Gasteiger charge is 2.24. The standard InChI is InChI=1S/C18H26N2O2/c1-3-19-15-11-10-14(12-16(15)20(4-2)18(19)22)17(21)13-8-6-5-7-9-13/h10-13,17,21H,3-9H2,1-2H3. The van der Waals surface area contributed by atoms with Crippen LogP contribution in [0.2, 0.25) is 0 Å². The van der Waals surface area contributed by atoms with E-state index in [-0.39, 0.29) is 5.69 Å². The fourth-order valence-corrected chi connectivity index (χ4v) is 3.85. The zero-order valence-corrected chi connectivity index (χ0v) is 13.6. The van der Waals surface area contributed by atoms with Gasteiger partial charge >= 0.3 is 5.69 Å². The number of hydrogen-bond donors (Lipinski definition) is 1. The maximum Gasteiger partial charge on any atom is 0.329 e. The molecule has 1 aromatic heterocycles. The minimum atomic E-state index is -0.407. The van der Waals surface area contributed by atoms with E-state index in [4.69, 9.17) is 0 Å². The first-order valence-electron chi connectivity index (χ1n) is 8.58. The van der Waals surface area contributed by atoms with E-state index in [0.717, 1.165) is 29.4 Å². The Balaban J connectivity index is 2.03. The molecule has 0 radical (unpaired) electrons. The third-order valence-corrected chi connectivity index (χ3v) is 5.11. The topological polar surface area (TPSA) is 47.2 Å². The van der Waals surface area contributed by atoms with E-state index in [2.05, 4.69) is 0 Å². The lowest BCUT2D eigenvalue weighted by Gasteiger charge is -2.26. The van der Waals surface area contributed by atoms with Gasteiger partial charge < -0.3 is 5.11 Å². The van der Waals surface area contributed by atoms with E-state index < -0.39 is 6.10 Å². The second-order valence-corrected chi connectivity index (χ2v) is 6.36. The van der Waals surface area contributed by atoms with E-state index in [0.29, 0.717) is 19.0 Å². The van der Waals surface area contributed by atoms with Crippen molar-refractivity contribution in [1.82, 2.24) is 9.13 Å². The van der Waals surface area contributed by atoms with Crippen molar-refractivity contribution in [3.63, 3.8) is 0 Å². The average molecular weight is 302 g/mol. The van der Waals surface area contributed by atoms with Gasteiger partial charge in [0.1, 0.15) is 0 Å². The van der Waals surface area contributed by atoms with Crippen molar-refractivity contribution in [2.45, 2.75) is 65.1 Å². The van der Waals surface area contributed by atoms with Crippen LogP contribution in [0.4, 0.5) is 0 Å². The molecular weight excluding hydrogens is 276 g/mol. The number of aromatic nitrogens is 2. The number of aryl methyl sites for hydroxylation is 2. The van der Waals surface area contributed by atoms with Crippen LogP contribution < -0.4 is 5.69 Å². The van der Waals surface area contributed by atoms with Gasteiger partial charge in [-0.1, -0.05) is 25.3 Å². The maximum absolute atomic E-state index is 12.4. The van der Waals surface area contributed by atoms with Gasteiger partial charge in [-0.15, -0.1) is 0 Å². The van der Waals surface area contributed by atoms with Crippen molar-refractivity contribution in [1.29, 1.82) is 0 Å². The molecule has 1 fully saturated rings. The molecule has 0 bridgehead atoms. The van der Waals surface area contributed by atoms with Crippen LogP contribution in [0.1, 0.15) is 57.6 Å². The quantitative estimate of drug-likeness (QED) is 0.940.